The van der Waals surface area contributed by atoms with Crippen LogP contribution in [0.4, 0.5) is 10.1 Å². The highest BCUT2D eigenvalue weighted by Crippen LogP contribution is 2.62. The molecule has 10 nitrogen and oxygen atoms in total. The number of imide groups is 1. The maximum Gasteiger partial charge on any atom is 0.255 e. The van der Waals surface area contributed by atoms with Crippen LogP contribution in [0.2, 0.25) is 10.0 Å². The fraction of sp³-hybridized carbons (Fsp3) is 0.452. The van der Waals surface area contributed by atoms with E-state index >= 15 is 4.39 Å². The number of likely N-dealkylation sites (tertiary alicyclic amines) is 1. The van der Waals surface area contributed by atoms with Gasteiger partial charge in [-0.05, 0) is 85.0 Å². The summed E-state index contributed by atoms with van der Waals surface area (Å²) in [7, 11) is 1.47. The number of piperidine rings is 1. The molecule has 55 heavy (non-hydrogen) atoms. The molecule has 3 fully saturated rings. The summed E-state index contributed by atoms with van der Waals surface area (Å²) in [6.07, 6.45) is 7.57. The van der Waals surface area contributed by atoms with Crippen LogP contribution in [0.5, 0.6) is 0 Å². The van der Waals surface area contributed by atoms with E-state index < -0.39 is 34.8 Å². The summed E-state index contributed by atoms with van der Waals surface area (Å²) in [5.41, 5.74) is 1.98. The van der Waals surface area contributed by atoms with Gasteiger partial charge in [-0.1, -0.05) is 79.2 Å². The number of halogens is 3. The number of anilines is 1. The van der Waals surface area contributed by atoms with Gasteiger partial charge < -0.3 is 15.5 Å². The lowest BCUT2D eigenvalue weighted by Crippen LogP contribution is -2.60. The lowest BCUT2D eigenvalue weighted by molar-refractivity contribution is -0.150. The number of amides is 5. The van der Waals surface area contributed by atoms with Crippen molar-refractivity contribution in [3.05, 3.63) is 98.3 Å². The Morgan fingerprint density at radius 1 is 0.982 bits per heavy atom. The molecule has 2 saturated heterocycles. The Kier molecular flexibility index (Phi) is 10.0. The number of hydrogen-bond donors (Lipinski definition) is 3. The van der Waals surface area contributed by atoms with E-state index in [-0.39, 0.29) is 46.5 Å². The molecule has 4 atom stereocenters. The first-order valence-corrected chi connectivity index (χ1v) is 20.1. The quantitative estimate of drug-likeness (QED) is 0.170. The number of carbonyl (C=O) groups excluding carboxylic acids is 5. The number of hydrogen-bond acceptors (Lipinski definition) is 6. The van der Waals surface area contributed by atoms with Gasteiger partial charge in [0.05, 0.1) is 11.1 Å². The topological polar surface area (TPSA) is 128 Å². The molecule has 288 valence electrons. The van der Waals surface area contributed by atoms with E-state index in [1.165, 1.54) is 13.1 Å². The van der Waals surface area contributed by atoms with Crippen LogP contribution in [-0.4, -0.2) is 70.6 Å². The van der Waals surface area contributed by atoms with Gasteiger partial charge in [-0.2, -0.15) is 0 Å². The van der Waals surface area contributed by atoms with Gasteiger partial charge in [0.1, 0.15) is 17.3 Å². The predicted molar refractivity (Wildman–Crippen MR) is 206 cm³/mol. The second-order valence-electron chi connectivity index (χ2n) is 15.7. The van der Waals surface area contributed by atoms with Gasteiger partial charge in [-0.15, -0.1) is 0 Å². The van der Waals surface area contributed by atoms with Gasteiger partial charge in [0.2, 0.25) is 17.7 Å². The molecular weight excluding hydrogens is 744 g/mol. The van der Waals surface area contributed by atoms with Gasteiger partial charge in [0, 0.05) is 54.3 Å². The highest BCUT2D eigenvalue weighted by atomic mass is 35.5. The van der Waals surface area contributed by atoms with E-state index in [1.807, 2.05) is 18.2 Å². The molecule has 0 aromatic heterocycles. The summed E-state index contributed by atoms with van der Waals surface area (Å²) < 4.78 is 16.2. The Morgan fingerprint density at radius 3 is 2.56 bits per heavy atom. The average Bonchev–Trinajstić information content (AvgIpc) is 3.77. The number of aryl methyl sites for hydroxylation is 1. The molecule has 3 N–H and O–H groups in total. The first-order valence-electron chi connectivity index (χ1n) is 19.3. The zero-order valence-corrected chi connectivity index (χ0v) is 32.2. The molecule has 0 bridgehead atoms. The lowest BCUT2D eigenvalue weighted by Gasteiger charge is -2.47. The summed E-state index contributed by atoms with van der Waals surface area (Å²) in [6, 6.07) is 14.2. The standard InChI is InChI=1S/C42H44Cl2FN5O5/c1-49-33(51)18-17-32(39(49)54)50-23-28-24(11-8-12-26(28)38(50)53)10-4-2-7-21-46-37(52)36-34(27-13-9-14-30(44)35(27)45)42(41(48-36)19-5-3-6-20-41)29-16-15-25(43)22-31(29)47-40(42)55/h8-9,11-16,22,32,34,36,48H,2-7,10,17-21,23H2,1H3,(H,46,52)(H,47,55)/t32?,34-,36+,42+/m0/s1. The van der Waals surface area contributed by atoms with Crippen molar-refractivity contribution in [3.8, 4) is 0 Å². The Balaban J connectivity index is 0.970. The van der Waals surface area contributed by atoms with E-state index in [4.69, 9.17) is 23.2 Å². The SMILES string of the molecule is CN1C(=O)CCC(N2Cc3c(CCCCCNC(=O)[C@@H]4NC5(CCCCC5)[C@@]5(C(=O)Nc6cc(Cl)ccc65)[C@H]4c4cccc(Cl)c4F)cccc3C2=O)C1=O. The molecule has 1 saturated carbocycles. The highest BCUT2D eigenvalue weighted by Gasteiger charge is 2.72. The molecule has 0 radical (unpaired) electrons. The van der Waals surface area contributed by atoms with Crippen LogP contribution in [0.1, 0.15) is 103 Å². The molecule has 5 amide bonds. The average molecular weight is 789 g/mol. The number of rotatable bonds is 9. The second-order valence-corrected chi connectivity index (χ2v) is 16.5. The Morgan fingerprint density at radius 2 is 1.76 bits per heavy atom. The first kappa shape index (κ1) is 37.6. The monoisotopic (exact) mass is 787 g/mol. The molecule has 2 spiro atoms. The third-order valence-electron chi connectivity index (χ3n) is 12.8. The number of nitrogens with one attached hydrogen (secondary N) is 3. The zero-order chi connectivity index (χ0) is 38.6. The van der Waals surface area contributed by atoms with Crippen molar-refractivity contribution in [1.82, 2.24) is 20.4 Å². The van der Waals surface area contributed by atoms with Gasteiger partial charge in [0.25, 0.3) is 11.8 Å². The normalized spacial score (nSPS) is 25.5. The highest BCUT2D eigenvalue weighted by molar-refractivity contribution is 6.31. The number of unbranched alkanes of at least 4 members (excludes halogenated alkanes) is 2. The van der Waals surface area contributed by atoms with Crippen LogP contribution in [0.25, 0.3) is 0 Å². The van der Waals surface area contributed by atoms with Crippen molar-refractivity contribution in [2.24, 2.45) is 0 Å². The van der Waals surface area contributed by atoms with Crippen LogP contribution in [-0.2, 0) is 37.6 Å². The molecule has 5 aliphatic rings. The van der Waals surface area contributed by atoms with E-state index in [2.05, 4.69) is 16.0 Å². The van der Waals surface area contributed by atoms with Crippen molar-refractivity contribution in [1.29, 1.82) is 0 Å². The molecule has 1 aliphatic carbocycles. The maximum absolute atomic E-state index is 16.2. The molecule has 4 heterocycles. The number of nitrogens with zero attached hydrogens (tertiary/aromatic N) is 2. The van der Waals surface area contributed by atoms with Gasteiger partial charge in [0.15, 0.2) is 0 Å². The van der Waals surface area contributed by atoms with Crippen molar-refractivity contribution < 1.29 is 28.4 Å². The molecular formula is C42H44Cl2FN5O5. The van der Waals surface area contributed by atoms with E-state index in [0.717, 1.165) is 54.6 Å². The third kappa shape index (κ3) is 6.05. The zero-order valence-electron chi connectivity index (χ0n) is 30.7. The van der Waals surface area contributed by atoms with Crippen molar-refractivity contribution in [3.63, 3.8) is 0 Å². The summed E-state index contributed by atoms with van der Waals surface area (Å²) in [6.45, 7) is 0.718. The van der Waals surface area contributed by atoms with E-state index in [9.17, 15) is 24.0 Å². The van der Waals surface area contributed by atoms with E-state index in [1.54, 1.807) is 35.2 Å². The Bertz CT molecular complexity index is 2110. The lowest BCUT2D eigenvalue weighted by atomic mass is 9.55. The largest absolute Gasteiger partial charge is 0.355 e. The Hall–Kier alpha value is -4.32. The van der Waals surface area contributed by atoms with Crippen LogP contribution in [0.3, 0.4) is 0 Å². The van der Waals surface area contributed by atoms with Crippen LogP contribution < -0.4 is 16.0 Å². The minimum atomic E-state index is -1.29. The molecule has 13 heteroatoms. The smallest absolute Gasteiger partial charge is 0.255 e. The van der Waals surface area contributed by atoms with Crippen molar-refractivity contribution in [2.75, 3.05) is 18.9 Å². The minimum absolute atomic E-state index is 0.0705. The summed E-state index contributed by atoms with van der Waals surface area (Å²) in [4.78, 5) is 69.9. The molecule has 3 aromatic carbocycles. The molecule has 3 aromatic rings. The van der Waals surface area contributed by atoms with Gasteiger partial charge in [-0.25, -0.2) is 4.39 Å². The maximum atomic E-state index is 16.2. The summed E-state index contributed by atoms with van der Waals surface area (Å²) in [5.74, 6) is -2.86. The van der Waals surface area contributed by atoms with Crippen LogP contribution in [0.15, 0.2) is 54.6 Å². The van der Waals surface area contributed by atoms with Crippen molar-refractivity contribution in [2.45, 2.75) is 106 Å². The number of fused-ring (bicyclic) bond motifs is 4. The summed E-state index contributed by atoms with van der Waals surface area (Å²) >= 11 is 12.7. The fourth-order valence-corrected chi connectivity index (χ4v) is 10.6. The number of benzene rings is 3. The Labute approximate surface area is 329 Å². The predicted octanol–water partition coefficient (Wildman–Crippen LogP) is 6.41. The molecule has 4 aliphatic heterocycles. The van der Waals surface area contributed by atoms with Crippen LogP contribution >= 0.6 is 23.2 Å². The van der Waals surface area contributed by atoms with Gasteiger partial charge >= 0.3 is 0 Å². The van der Waals surface area contributed by atoms with E-state index in [0.29, 0.717) is 60.6 Å². The number of likely N-dealkylation sites (N-methyl/N-ethyl adjacent to an activating group) is 1. The summed E-state index contributed by atoms with van der Waals surface area (Å²) in [5, 5.41) is 10.2. The third-order valence-corrected chi connectivity index (χ3v) is 13.3. The number of carbonyl (C=O) groups is 5. The minimum Gasteiger partial charge on any atom is -0.355 e. The van der Waals surface area contributed by atoms with Crippen LogP contribution in [0, 0.1) is 5.82 Å². The fourth-order valence-electron chi connectivity index (χ4n) is 10.2. The van der Waals surface area contributed by atoms with Crippen molar-refractivity contribution >= 4 is 58.4 Å². The molecule has 1 unspecified atom stereocenters. The molecule has 8 rings (SSSR count). The van der Waals surface area contributed by atoms with Gasteiger partial charge in [-0.3, -0.25) is 34.2 Å². The first-order chi connectivity index (χ1) is 26.5. The second kappa shape index (κ2) is 14.6.